The van der Waals surface area contributed by atoms with Crippen molar-refractivity contribution in [1.29, 1.82) is 0 Å². The smallest absolute Gasteiger partial charge is 0.336 e. The molecule has 0 aromatic heterocycles. The molecule has 0 atom stereocenters. The van der Waals surface area contributed by atoms with Crippen LogP contribution in [0.15, 0.2) is 108 Å². The van der Waals surface area contributed by atoms with Gasteiger partial charge in [0.1, 0.15) is 5.75 Å². The molecule has 0 spiro atoms. The molecule has 0 saturated heterocycles. The first-order valence-electron chi connectivity index (χ1n) is 10.8. The highest BCUT2D eigenvalue weighted by Crippen LogP contribution is 2.22. The van der Waals surface area contributed by atoms with Crippen molar-refractivity contribution in [3.05, 3.63) is 114 Å². The number of nitrogens with zero attached hydrogens (tertiary/aromatic N) is 1. The number of hydrogen-bond acceptors (Lipinski definition) is 5. The SMILES string of the molecule is O=C(/C=C/c1ccccc1)Oc1ccc(/C=N/NC(=O)C(=O)Nc2cccc3ccccc23)cc1. The van der Waals surface area contributed by atoms with Gasteiger partial charge in [0, 0.05) is 17.1 Å². The largest absolute Gasteiger partial charge is 0.423 e. The molecule has 7 nitrogen and oxygen atoms in total. The highest BCUT2D eigenvalue weighted by molar-refractivity contribution is 6.40. The minimum absolute atomic E-state index is 0.364. The Kier molecular flexibility index (Phi) is 7.40. The maximum Gasteiger partial charge on any atom is 0.336 e. The second kappa shape index (κ2) is 11.2. The van der Waals surface area contributed by atoms with Gasteiger partial charge in [0.15, 0.2) is 0 Å². The van der Waals surface area contributed by atoms with Crippen LogP contribution >= 0.6 is 0 Å². The van der Waals surface area contributed by atoms with Crippen LogP contribution < -0.4 is 15.5 Å². The van der Waals surface area contributed by atoms with Gasteiger partial charge < -0.3 is 10.1 Å². The summed E-state index contributed by atoms with van der Waals surface area (Å²) in [7, 11) is 0. The molecule has 2 N–H and O–H groups in total. The lowest BCUT2D eigenvalue weighted by Crippen LogP contribution is -2.32. The summed E-state index contributed by atoms with van der Waals surface area (Å²) in [5, 5.41) is 8.20. The Labute approximate surface area is 201 Å². The van der Waals surface area contributed by atoms with E-state index < -0.39 is 17.8 Å². The van der Waals surface area contributed by atoms with Crippen molar-refractivity contribution in [3.8, 4) is 5.75 Å². The summed E-state index contributed by atoms with van der Waals surface area (Å²) >= 11 is 0. The van der Waals surface area contributed by atoms with Gasteiger partial charge in [0.25, 0.3) is 0 Å². The van der Waals surface area contributed by atoms with E-state index >= 15 is 0 Å². The van der Waals surface area contributed by atoms with Gasteiger partial charge in [-0.05, 0) is 52.9 Å². The number of carbonyl (C=O) groups is 3. The number of carbonyl (C=O) groups excluding carboxylic acids is 3. The van der Waals surface area contributed by atoms with E-state index in [1.807, 2.05) is 60.7 Å². The maximum atomic E-state index is 12.2. The van der Waals surface area contributed by atoms with Gasteiger partial charge >= 0.3 is 17.8 Å². The quantitative estimate of drug-likeness (QED) is 0.110. The fourth-order valence-electron chi connectivity index (χ4n) is 3.23. The Morgan fingerprint density at radius 2 is 1.43 bits per heavy atom. The van der Waals surface area contributed by atoms with Crippen molar-refractivity contribution in [2.24, 2.45) is 5.10 Å². The van der Waals surface area contributed by atoms with Gasteiger partial charge in [0.05, 0.1) is 6.21 Å². The van der Waals surface area contributed by atoms with Crippen molar-refractivity contribution >= 4 is 46.5 Å². The zero-order valence-corrected chi connectivity index (χ0v) is 18.5. The molecule has 0 aliphatic carbocycles. The predicted molar refractivity (Wildman–Crippen MR) is 136 cm³/mol. The standard InChI is InChI=1S/C28H21N3O4/c32-26(18-15-20-7-2-1-3-8-20)35-23-16-13-21(14-17-23)19-29-31-28(34)27(33)30-25-12-6-10-22-9-4-5-11-24(22)25/h1-19H,(H,30,33)(H,31,34)/b18-15+,29-19+. The van der Waals surface area contributed by atoms with Crippen molar-refractivity contribution in [2.75, 3.05) is 5.32 Å². The summed E-state index contributed by atoms with van der Waals surface area (Å²) in [6, 6.07) is 28.9. The normalized spacial score (nSPS) is 11.0. The van der Waals surface area contributed by atoms with Crippen LogP contribution in [0, 0.1) is 0 Å². The van der Waals surface area contributed by atoms with Crippen LogP contribution in [0.1, 0.15) is 11.1 Å². The maximum absolute atomic E-state index is 12.2. The molecular weight excluding hydrogens is 442 g/mol. The minimum atomic E-state index is -0.898. The Morgan fingerprint density at radius 1 is 0.714 bits per heavy atom. The molecule has 0 heterocycles. The first-order chi connectivity index (χ1) is 17.1. The molecule has 0 bridgehead atoms. The molecule has 0 aliphatic heterocycles. The molecule has 2 amide bonds. The molecule has 0 saturated carbocycles. The second-order valence-corrected chi connectivity index (χ2v) is 7.41. The number of anilines is 1. The molecule has 4 aromatic carbocycles. The second-order valence-electron chi connectivity index (χ2n) is 7.41. The van der Waals surface area contributed by atoms with Crippen molar-refractivity contribution in [1.82, 2.24) is 5.43 Å². The predicted octanol–water partition coefficient (Wildman–Crippen LogP) is 4.55. The van der Waals surface area contributed by atoms with Crippen LogP contribution in [-0.2, 0) is 14.4 Å². The number of benzene rings is 4. The van der Waals surface area contributed by atoms with Crippen LogP contribution in [0.25, 0.3) is 16.8 Å². The summed E-state index contributed by atoms with van der Waals surface area (Å²) in [6.45, 7) is 0. The summed E-state index contributed by atoms with van der Waals surface area (Å²) in [6.07, 6.45) is 4.40. The first kappa shape index (κ1) is 23.1. The summed E-state index contributed by atoms with van der Waals surface area (Å²) in [5.41, 5.74) is 4.27. The van der Waals surface area contributed by atoms with Gasteiger partial charge in [-0.25, -0.2) is 10.2 Å². The Hall–Kier alpha value is -5.04. The van der Waals surface area contributed by atoms with E-state index in [2.05, 4.69) is 15.8 Å². The van der Waals surface area contributed by atoms with Crippen LogP contribution in [-0.4, -0.2) is 24.0 Å². The summed E-state index contributed by atoms with van der Waals surface area (Å²) in [5.74, 6) is -1.86. The lowest BCUT2D eigenvalue weighted by Gasteiger charge is -2.07. The van der Waals surface area contributed by atoms with Gasteiger partial charge in [-0.1, -0.05) is 66.7 Å². The highest BCUT2D eigenvalue weighted by Gasteiger charge is 2.14. The number of amides is 2. The van der Waals surface area contributed by atoms with Gasteiger partial charge in [-0.2, -0.15) is 5.10 Å². The van der Waals surface area contributed by atoms with Crippen LogP contribution in [0.5, 0.6) is 5.75 Å². The fourth-order valence-corrected chi connectivity index (χ4v) is 3.23. The average molecular weight is 463 g/mol. The topological polar surface area (TPSA) is 96.9 Å². The van der Waals surface area contributed by atoms with E-state index in [9.17, 15) is 14.4 Å². The molecule has 35 heavy (non-hydrogen) atoms. The van der Waals surface area contributed by atoms with Crippen molar-refractivity contribution < 1.29 is 19.1 Å². The third-order valence-electron chi connectivity index (χ3n) is 4.93. The fraction of sp³-hybridized carbons (Fsp3) is 0. The number of fused-ring (bicyclic) bond motifs is 1. The van der Waals surface area contributed by atoms with E-state index in [0.717, 1.165) is 16.3 Å². The number of rotatable bonds is 6. The van der Waals surface area contributed by atoms with Gasteiger partial charge in [0.2, 0.25) is 0 Å². The van der Waals surface area contributed by atoms with Gasteiger partial charge in [-0.15, -0.1) is 0 Å². The third-order valence-corrected chi connectivity index (χ3v) is 4.93. The number of hydrogen-bond donors (Lipinski definition) is 2. The third kappa shape index (κ3) is 6.49. The minimum Gasteiger partial charge on any atom is -0.423 e. The zero-order chi connectivity index (χ0) is 24.5. The van der Waals surface area contributed by atoms with E-state index in [-0.39, 0.29) is 0 Å². The van der Waals surface area contributed by atoms with Crippen LogP contribution in [0.4, 0.5) is 5.69 Å². The molecule has 0 fully saturated rings. The van der Waals surface area contributed by atoms with Crippen LogP contribution in [0.3, 0.4) is 0 Å². The molecule has 4 rings (SSSR count). The van der Waals surface area contributed by atoms with Crippen LogP contribution in [0.2, 0.25) is 0 Å². The highest BCUT2D eigenvalue weighted by atomic mass is 16.5. The molecule has 0 radical (unpaired) electrons. The summed E-state index contributed by atoms with van der Waals surface area (Å²) in [4.78, 5) is 36.3. The summed E-state index contributed by atoms with van der Waals surface area (Å²) < 4.78 is 5.26. The van der Waals surface area contributed by atoms with E-state index in [4.69, 9.17) is 4.74 Å². The Bertz CT molecular complexity index is 1410. The molecular formula is C28H21N3O4. The molecule has 7 heteroatoms. The Balaban J connectivity index is 1.28. The number of hydrazone groups is 1. The average Bonchev–Trinajstić information content (AvgIpc) is 2.89. The lowest BCUT2D eigenvalue weighted by molar-refractivity contribution is -0.136. The first-order valence-corrected chi connectivity index (χ1v) is 10.8. The molecule has 172 valence electrons. The molecule has 0 unspecified atom stereocenters. The number of nitrogens with one attached hydrogen (secondary N) is 2. The number of ether oxygens (including phenoxy) is 1. The lowest BCUT2D eigenvalue weighted by atomic mass is 10.1. The molecule has 4 aromatic rings. The molecule has 0 aliphatic rings. The van der Waals surface area contributed by atoms with Crippen molar-refractivity contribution in [2.45, 2.75) is 0 Å². The number of esters is 1. The zero-order valence-electron chi connectivity index (χ0n) is 18.5. The van der Waals surface area contributed by atoms with E-state index in [1.165, 1.54) is 12.3 Å². The van der Waals surface area contributed by atoms with E-state index in [1.54, 1.807) is 42.5 Å². The van der Waals surface area contributed by atoms with Crippen molar-refractivity contribution in [3.63, 3.8) is 0 Å². The monoisotopic (exact) mass is 463 g/mol. The Morgan fingerprint density at radius 3 is 2.23 bits per heavy atom. The van der Waals surface area contributed by atoms with Gasteiger partial charge in [-0.3, -0.25) is 9.59 Å². The van der Waals surface area contributed by atoms with E-state index in [0.29, 0.717) is 17.0 Å².